The van der Waals surface area contributed by atoms with Gasteiger partial charge < -0.3 is 10.5 Å². The SMILES string of the molecule is COc1cccc(-c2ccc(C3CC3N)cn2)c1F. The van der Waals surface area contributed by atoms with Gasteiger partial charge in [0.05, 0.1) is 12.8 Å². The van der Waals surface area contributed by atoms with Crippen LogP contribution in [0.1, 0.15) is 17.9 Å². The van der Waals surface area contributed by atoms with Gasteiger partial charge >= 0.3 is 0 Å². The largest absolute Gasteiger partial charge is 0.494 e. The van der Waals surface area contributed by atoms with Crippen molar-refractivity contribution in [2.45, 2.75) is 18.4 Å². The molecule has 2 unspecified atom stereocenters. The molecule has 0 spiro atoms. The lowest BCUT2D eigenvalue weighted by Crippen LogP contribution is -2.01. The fourth-order valence-corrected chi connectivity index (χ4v) is 2.25. The van der Waals surface area contributed by atoms with Crippen LogP contribution in [0.5, 0.6) is 5.75 Å². The average molecular weight is 258 g/mol. The zero-order valence-electron chi connectivity index (χ0n) is 10.6. The van der Waals surface area contributed by atoms with Crippen molar-refractivity contribution in [3.63, 3.8) is 0 Å². The van der Waals surface area contributed by atoms with Crippen LogP contribution < -0.4 is 10.5 Å². The Morgan fingerprint density at radius 3 is 2.68 bits per heavy atom. The highest BCUT2D eigenvalue weighted by atomic mass is 19.1. The predicted molar refractivity (Wildman–Crippen MR) is 71.5 cm³/mol. The Labute approximate surface area is 111 Å². The van der Waals surface area contributed by atoms with Crippen molar-refractivity contribution < 1.29 is 9.13 Å². The molecular formula is C15H15FN2O. The standard InChI is InChI=1S/C15H15FN2O/c1-19-14-4-2-3-10(15(14)16)13-6-5-9(8-18-13)11-7-12(11)17/h2-6,8,11-12H,7,17H2,1H3. The number of ether oxygens (including phenoxy) is 1. The molecule has 1 heterocycles. The third-order valence-electron chi connectivity index (χ3n) is 3.51. The Hall–Kier alpha value is -1.94. The predicted octanol–water partition coefficient (Wildman–Crippen LogP) is 2.71. The second-order valence-electron chi connectivity index (χ2n) is 4.80. The summed E-state index contributed by atoms with van der Waals surface area (Å²) in [4.78, 5) is 4.33. The number of aromatic nitrogens is 1. The van der Waals surface area contributed by atoms with E-state index < -0.39 is 0 Å². The number of rotatable bonds is 3. The number of hydrogen-bond acceptors (Lipinski definition) is 3. The first-order chi connectivity index (χ1) is 9.20. The average Bonchev–Trinajstić information content (AvgIpc) is 3.16. The molecule has 19 heavy (non-hydrogen) atoms. The number of nitrogens with zero attached hydrogens (tertiary/aromatic N) is 1. The van der Waals surface area contributed by atoms with Gasteiger partial charge in [0.15, 0.2) is 11.6 Å². The molecule has 0 aliphatic heterocycles. The summed E-state index contributed by atoms with van der Waals surface area (Å²) in [5.41, 5.74) is 7.99. The molecule has 2 atom stereocenters. The third kappa shape index (κ3) is 2.19. The van der Waals surface area contributed by atoms with Gasteiger partial charge in [0.2, 0.25) is 0 Å². The molecule has 1 aromatic carbocycles. The highest BCUT2D eigenvalue weighted by molar-refractivity contribution is 5.62. The minimum absolute atomic E-state index is 0.229. The van der Waals surface area contributed by atoms with Crippen LogP contribution in [-0.4, -0.2) is 18.1 Å². The van der Waals surface area contributed by atoms with Gasteiger partial charge in [0.25, 0.3) is 0 Å². The van der Waals surface area contributed by atoms with Gasteiger partial charge in [-0.15, -0.1) is 0 Å². The normalized spacial score (nSPS) is 21.2. The van der Waals surface area contributed by atoms with E-state index in [-0.39, 0.29) is 17.6 Å². The van der Waals surface area contributed by atoms with Crippen LogP contribution in [0.2, 0.25) is 0 Å². The van der Waals surface area contributed by atoms with Crippen molar-refractivity contribution in [2.75, 3.05) is 7.11 Å². The number of methoxy groups -OCH3 is 1. The first kappa shape index (κ1) is 12.1. The molecule has 1 fully saturated rings. The summed E-state index contributed by atoms with van der Waals surface area (Å²) in [5, 5.41) is 0. The summed E-state index contributed by atoms with van der Waals surface area (Å²) in [6.07, 6.45) is 2.79. The van der Waals surface area contributed by atoms with E-state index >= 15 is 0 Å². The first-order valence-corrected chi connectivity index (χ1v) is 6.25. The minimum atomic E-state index is -0.381. The van der Waals surface area contributed by atoms with Crippen molar-refractivity contribution in [1.29, 1.82) is 0 Å². The highest BCUT2D eigenvalue weighted by Crippen LogP contribution is 2.39. The Balaban J connectivity index is 1.94. The molecule has 1 saturated carbocycles. The molecule has 1 aliphatic carbocycles. The van der Waals surface area contributed by atoms with E-state index in [0.717, 1.165) is 12.0 Å². The number of pyridine rings is 1. The Morgan fingerprint density at radius 2 is 2.11 bits per heavy atom. The molecule has 0 amide bonds. The van der Waals surface area contributed by atoms with E-state index in [1.54, 1.807) is 24.4 Å². The molecule has 3 rings (SSSR count). The summed E-state index contributed by atoms with van der Waals surface area (Å²) < 4.78 is 19.1. The van der Waals surface area contributed by atoms with E-state index in [0.29, 0.717) is 17.2 Å². The second kappa shape index (κ2) is 4.63. The molecule has 0 saturated heterocycles. The number of halogens is 1. The molecule has 2 N–H and O–H groups in total. The summed E-state index contributed by atoms with van der Waals surface area (Å²) in [6.45, 7) is 0. The van der Waals surface area contributed by atoms with Crippen LogP contribution in [0.15, 0.2) is 36.5 Å². The van der Waals surface area contributed by atoms with E-state index in [1.807, 2.05) is 12.1 Å². The monoisotopic (exact) mass is 258 g/mol. The first-order valence-electron chi connectivity index (χ1n) is 6.25. The fourth-order valence-electron chi connectivity index (χ4n) is 2.25. The van der Waals surface area contributed by atoms with Crippen molar-refractivity contribution in [1.82, 2.24) is 4.98 Å². The zero-order valence-corrected chi connectivity index (χ0v) is 10.6. The quantitative estimate of drug-likeness (QED) is 0.920. The molecular weight excluding hydrogens is 243 g/mol. The van der Waals surface area contributed by atoms with Crippen molar-refractivity contribution in [2.24, 2.45) is 5.73 Å². The lowest BCUT2D eigenvalue weighted by molar-refractivity contribution is 0.387. The third-order valence-corrected chi connectivity index (χ3v) is 3.51. The number of hydrogen-bond donors (Lipinski definition) is 1. The summed E-state index contributed by atoms with van der Waals surface area (Å²) >= 11 is 0. The Morgan fingerprint density at radius 1 is 1.32 bits per heavy atom. The lowest BCUT2D eigenvalue weighted by atomic mass is 10.1. The van der Waals surface area contributed by atoms with Gasteiger partial charge in [-0.25, -0.2) is 4.39 Å². The number of benzene rings is 1. The van der Waals surface area contributed by atoms with Crippen LogP contribution >= 0.6 is 0 Å². The fraction of sp³-hybridized carbons (Fsp3) is 0.267. The van der Waals surface area contributed by atoms with E-state index in [1.165, 1.54) is 7.11 Å². The second-order valence-corrected chi connectivity index (χ2v) is 4.80. The van der Waals surface area contributed by atoms with Crippen LogP contribution in [-0.2, 0) is 0 Å². The molecule has 2 aromatic rings. The summed E-state index contributed by atoms with van der Waals surface area (Å²) in [5.74, 6) is 0.262. The van der Waals surface area contributed by atoms with E-state index in [4.69, 9.17) is 10.5 Å². The molecule has 0 radical (unpaired) electrons. The molecule has 98 valence electrons. The molecule has 3 nitrogen and oxygen atoms in total. The van der Waals surface area contributed by atoms with Gasteiger partial charge in [-0.2, -0.15) is 0 Å². The van der Waals surface area contributed by atoms with Crippen molar-refractivity contribution >= 4 is 0 Å². The van der Waals surface area contributed by atoms with E-state index in [9.17, 15) is 4.39 Å². The van der Waals surface area contributed by atoms with Crippen LogP contribution in [0, 0.1) is 5.82 Å². The molecule has 1 aromatic heterocycles. The smallest absolute Gasteiger partial charge is 0.174 e. The number of nitrogens with two attached hydrogens (primary N) is 1. The minimum Gasteiger partial charge on any atom is -0.494 e. The van der Waals surface area contributed by atoms with Crippen molar-refractivity contribution in [3.05, 3.63) is 47.9 Å². The molecule has 0 bridgehead atoms. The van der Waals surface area contributed by atoms with Gasteiger partial charge in [-0.05, 0) is 30.2 Å². The highest BCUT2D eigenvalue weighted by Gasteiger charge is 2.34. The Bertz CT molecular complexity index is 598. The maximum absolute atomic E-state index is 14.1. The maximum atomic E-state index is 14.1. The summed E-state index contributed by atoms with van der Waals surface area (Å²) in [7, 11) is 1.45. The topological polar surface area (TPSA) is 48.1 Å². The Kier molecular flexibility index (Phi) is 2.95. The van der Waals surface area contributed by atoms with Crippen LogP contribution in [0.4, 0.5) is 4.39 Å². The summed E-state index contributed by atoms with van der Waals surface area (Å²) in [6, 6.07) is 9.10. The lowest BCUT2D eigenvalue weighted by Gasteiger charge is -2.07. The van der Waals surface area contributed by atoms with Crippen LogP contribution in [0.25, 0.3) is 11.3 Å². The van der Waals surface area contributed by atoms with Crippen LogP contribution in [0.3, 0.4) is 0 Å². The molecule has 4 heteroatoms. The van der Waals surface area contributed by atoms with Gasteiger partial charge in [-0.1, -0.05) is 12.1 Å². The van der Waals surface area contributed by atoms with Gasteiger partial charge in [-0.3, -0.25) is 4.98 Å². The molecule has 1 aliphatic rings. The van der Waals surface area contributed by atoms with Gasteiger partial charge in [0.1, 0.15) is 0 Å². The zero-order chi connectivity index (χ0) is 13.4. The maximum Gasteiger partial charge on any atom is 0.174 e. The van der Waals surface area contributed by atoms with E-state index in [2.05, 4.69) is 4.98 Å². The van der Waals surface area contributed by atoms with Crippen molar-refractivity contribution in [3.8, 4) is 17.0 Å². The van der Waals surface area contributed by atoms with Gasteiger partial charge in [0, 0.05) is 23.7 Å².